The minimum Gasteiger partial charge on any atom is -0.508 e. The van der Waals surface area contributed by atoms with Crippen molar-refractivity contribution in [2.75, 3.05) is 93.8 Å². The third-order valence-corrected chi connectivity index (χ3v) is 15.1. The summed E-state index contributed by atoms with van der Waals surface area (Å²) in [6.45, 7) is 18.7. The van der Waals surface area contributed by atoms with Crippen molar-refractivity contribution >= 4 is 44.8 Å². The highest BCUT2D eigenvalue weighted by Gasteiger charge is 2.45. The number of piperidine rings is 2. The number of anilines is 3. The van der Waals surface area contributed by atoms with Gasteiger partial charge in [0.05, 0.1) is 12.2 Å². The number of terminal acetylenes is 1. The number of carbonyl (C=O) groups is 1. The first kappa shape index (κ1) is 45.6. The molecule has 0 radical (unpaired) electrons. The lowest BCUT2D eigenvalue weighted by Crippen LogP contribution is -2.50. The van der Waals surface area contributed by atoms with E-state index in [0.717, 1.165) is 122 Å². The Balaban J connectivity index is 0.842. The van der Waals surface area contributed by atoms with Crippen LogP contribution >= 0.6 is 0 Å². The SMILES string of the molecule is C#Cc1c(F)ccc2cc(O)cc(-c3ccc4c(N5CCCC(C)C5)nc(OCC5(CN6CCN(CC7CCN(c8ccc(C)c(N(C)C(=O)C(C)CC)c8)CC7)CC6)CC5)nc4c3F)c12. The first-order valence-corrected chi connectivity index (χ1v) is 24.2. The van der Waals surface area contributed by atoms with Crippen LogP contribution in [0, 0.1) is 54.1 Å². The highest BCUT2D eigenvalue weighted by molar-refractivity contribution is 6.04. The van der Waals surface area contributed by atoms with Crippen molar-refractivity contribution in [3.05, 3.63) is 77.4 Å². The molecule has 3 saturated heterocycles. The van der Waals surface area contributed by atoms with E-state index in [1.165, 1.54) is 23.9 Å². The van der Waals surface area contributed by atoms with Gasteiger partial charge in [-0.2, -0.15) is 9.97 Å². The number of ether oxygens (including phenoxy) is 1. The standard InChI is InChI=1S/C54H65F2N7O3/c1-7-36(4)52(65)59(6)47-29-40(13-11-37(47)5)62-22-17-38(18-23-62)32-60-24-26-61(27-25-60)33-54(19-20-54)34-66-53-57-50-44(51(58-53)63-21-9-10-35(3)31-63)15-14-43(49(50)56)45-30-41(64)28-39-12-16-46(55)42(8-2)48(39)45/h2,11-16,28-30,35-36,38,64H,7,9-10,17-27,31-34H2,1,3-6H3. The molecule has 0 spiro atoms. The van der Waals surface area contributed by atoms with Crippen LogP contribution in [0.25, 0.3) is 32.8 Å². The number of fused-ring (bicyclic) bond motifs is 2. The molecule has 1 aromatic heterocycles. The molecule has 10 nitrogen and oxygen atoms in total. The van der Waals surface area contributed by atoms with E-state index >= 15 is 8.78 Å². The van der Waals surface area contributed by atoms with Gasteiger partial charge in [0.25, 0.3) is 0 Å². The Morgan fingerprint density at radius 2 is 1.71 bits per heavy atom. The summed E-state index contributed by atoms with van der Waals surface area (Å²) in [7, 11) is 1.90. The van der Waals surface area contributed by atoms with Gasteiger partial charge < -0.3 is 34.3 Å². The van der Waals surface area contributed by atoms with Gasteiger partial charge >= 0.3 is 6.01 Å². The first-order valence-electron chi connectivity index (χ1n) is 24.2. The molecule has 2 atom stereocenters. The molecule has 2 unspecified atom stereocenters. The molecule has 3 aliphatic heterocycles. The van der Waals surface area contributed by atoms with E-state index in [-0.39, 0.29) is 45.6 Å². The van der Waals surface area contributed by atoms with Gasteiger partial charge in [0.1, 0.15) is 22.9 Å². The number of amides is 1. The predicted molar refractivity (Wildman–Crippen MR) is 262 cm³/mol. The average molecular weight is 898 g/mol. The van der Waals surface area contributed by atoms with Crippen LogP contribution in [0.15, 0.2) is 54.6 Å². The quantitative estimate of drug-likeness (QED) is 0.116. The maximum absolute atomic E-state index is 17.1. The first-order chi connectivity index (χ1) is 31.8. The lowest BCUT2D eigenvalue weighted by atomic mass is 9.93. The van der Waals surface area contributed by atoms with Crippen LogP contribution in [0.3, 0.4) is 0 Å². The van der Waals surface area contributed by atoms with Gasteiger partial charge in [-0.3, -0.25) is 4.79 Å². The van der Waals surface area contributed by atoms with Crippen molar-refractivity contribution in [2.24, 2.45) is 23.2 Å². The second-order valence-corrected chi connectivity index (χ2v) is 20.0. The van der Waals surface area contributed by atoms with Crippen LogP contribution in [-0.4, -0.2) is 110 Å². The molecule has 4 heterocycles. The molecule has 12 heteroatoms. The van der Waals surface area contributed by atoms with Crippen molar-refractivity contribution in [3.63, 3.8) is 0 Å². The van der Waals surface area contributed by atoms with Crippen LogP contribution in [-0.2, 0) is 4.79 Å². The monoisotopic (exact) mass is 898 g/mol. The number of benzene rings is 4. The summed E-state index contributed by atoms with van der Waals surface area (Å²) in [6, 6.07) is 15.9. The largest absolute Gasteiger partial charge is 0.508 e. The van der Waals surface area contributed by atoms with Crippen LogP contribution in [0.1, 0.15) is 76.8 Å². The minimum absolute atomic E-state index is 0.00409. The normalized spacial score (nSPS) is 19.8. The number of phenols is 1. The molecule has 5 aromatic rings. The lowest BCUT2D eigenvalue weighted by Gasteiger charge is -2.40. The Morgan fingerprint density at radius 3 is 2.42 bits per heavy atom. The third-order valence-electron chi connectivity index (χ3n) is 15.1. The van der Waals surface area contributed by atoms with E-state index in [1.807, 2.05) is 24.9 Å². The summed E-state index contributed by atoms with van der Waals surface area (Å²) in [5.41, 5.74) is 3.91. The fourth-order valence-electron chi connectivity index (χ4n) is 10.7. The lowest BCUT2D eigenvalue weighted by molar-refractivity contribution is -0.121. The Morgan fingerprint density at radius 1 is 0.955 bits per heavy atom. The fourth-order valence-corrected chi connectivity index (χ4v) is 10.7. The summed E-state index contributed by atoms with van der Waals surface area (Å²) in [6.07, 6.45) is 13.2. The van der Waals surface area contributed by atoms with Crippen LogP contribution in [0.2, 0.25) is 0 Å². The van der Waals surface area contributed by atoms with Crippen molar-refractivity contribution in [1.29, 1.82) is 0 Å². The van der Waals surface area contributed by atoms with Gasteiger partial charge in [0, 0.05) is 112 Å². The summed E-state index contributed by atoms with van der Waals surface area (Å²) >= 11 is 0. The molecule has 348 valence electrons. The molecular weight excluding hydrogens is 833 g/mol. The number of piperazine rings is 1. The van der Waals surface area contributed by atoms with Gasteiger partial charge in [-0.15, -0.1) is 6.42 Å². The van der Waals surface area contributed by atoms with Crippen molar-refractivity contribution in [1.82, 2.24) is 19.8 Å². The average Bonchev–Trinajstić information content (AvgIpc) is 4.10. The summed E-state index contributed by atoms with van der Waals surface area (Å²) in [5, 5.41) is 12.1. The summed E-state index contributed by atoms with van der Waals surface area (Å²) in [5.74, 6) is 3.12. The highest BCUT2D eigenvalue weighted by Crippen LogP contribution is 2.47. The molecule has 1 amide bonds. The smallest absolute Gasteiger partial charge is 0.319 e. The van der Waals surface area contributed by atoms with E-state index < -0.39 is 11.6 Å². The number of nitrogens with zero attached hydrogens (tertiary/aromatic N) is 7. The van der Waals surface area contributed by atoms with Gasteiger partial charge in [-0.1, -0.05) is 44.9 Å². The Kier molecular flexibility index (Phi) is 13.1. The van der Waals surface area contributed by atoms with Gasteiger partial charge in [0.15, 0.2) is 5.82 Å². The van der Waals surface area contributed by atoms with E-state index in [0.29, 0.717) is 46.0 Å². The zero-order valence-corrected chi connectivity index (χ0v) is 39.4. The predicted octanol–water partition coefficient (Wildman–Crippen LogP) is 9.66. The molecule has 9 rings (SSSR count). The zero-order chi connectivity index (χ0) is 46.3. The number of aromatic nitrogens is 2. The Hall–Kier alpha value is -5.51. The van der Waals surface area contributed by atoms with Gasteiger partial charge in [-0.05, 0) is 117 Å². The number of phenolic OH excluding ortho intramolecular Hbond substituents is 1. The third kappa shape index (κ3) is 9.39. The summed E-state index contributed by atoms with van der Waals surface area (Å²) in [4.78, 5) is 34.5. The summed E-state index contributed by atoms with van der Waals surface area (Å²) < 4.78 is 38.6. The van der Waals surface area contributed by atoms with E-state index in [1.54, 1.807) is 12.1 Å². The van der Waals surface area contributed by atoms with Crippen LogP contribution in [0.5, 0.6) is 11.8 Å². The minimum atomic E-state index is -0.603. The number of hydrogen-bond donors (Lipinski definition) is 1. The number of hydrogen-bond acceptors (Lipinski definition) is 9. The molecule has 4 aliphatic rings. The van der Waals surface area contributed by atoms with Crippen LogP contribution in [0.4, 0.5) is 26.0 Å². The second kappa shape index (κ2) is 19.0. The molecule has 1 aliphatic carbocycles. The molecule has 4 aromatic carbocycles. The maximum atomic E-state index is 17.1. The van der Waals surface area contributed by atoms with Crippen molar-refractivity contribution in [3.8, 4) is 35.2 Å². The molecule has 1 N–H and O–H groups in total. The van der Waals surface area contributed by atoms with Gasteiger partial charge in [0.2, 0.25) is 5.91 Å². The van der Waals surface area contributed by atoms with E-state index in [9.17, 15) is 9.90 Å². The Bertz CT molecular complexity index is 2650. The van der Waals surface area contributed by atoms with E-state index in [2.05, 4.69) is 64.5 Å². The highest BCUT2D eigenvalue weighted by atomic mass is 19.1. The Labute approximate surface area is 388 Å². The molecule has 4 fully saturated rings. The molecule has 1 saturated carbocycles. The van der Waals surface area contributed by atoms with Crippen molar-refractivity contribution < 1.29 is 23.4 Å². The fraction of sp³-hybridized carbons (Fsp3) is 0.500. The van der Waals surface area contributed by atoms with E-state index in [4.69, 9.17) is 21.1 Å². The molecule has 0 bridgehead atoms. The zero-order valence-electron chi connectivity index (χ0n) is 39.4. The number of rotatable bonds is 13. The molecular formula is C54H65F2N7O3. The number of carbonyl (C=O) groups excluding carboxylic acids is 1. The number of aryl methyl sites for hydroxylation is 1. The number of halogens is 2. The van der Waals surface area contributed by atoms with Crippen molar-refractivity contribution in [2.45, 2.75) is 72.6 Å². The van der Waals surface area contributed by atoms with Gasteiger partial charge in [-0.25, -0.2) is 8.78 Å². The van der Waals surface area contributed by atoms with Crippen LogP contribution < -0.4 is 19.4 Å². The topological polar surface area (TPSA) is 88.5 Å². The second-order valence-electron chi connectivity index (χ2n) is 20.0. The number of aromatic hydroxyl groups is 1. The molecule has 66 heavy (non-hydrogen) atoms. The maximum Gasteiger partial charge on any atom is 0.319 e.